The van der Waals surface area contributed by atoms with Gasteiger partial charge in [-0.15, -0.1) is 0 Å². The molecule has 0 heterocycles. The topological polar surface area (TPSA) is 84.9 Å². The van der Waals surface area contributed by atoms with E-state index in [4.69, 9.17) is 20.5 Å². The van der Waals surface area contributed by atoms with E-state index in [0.717, 1.165) is 18.4 Å². The van der Waals surface area contributed by atoms with Crippen LogP contribution in [0.3, 0.4) is 0 Å². The van der Waals surface area contributed by atoms with Crippen LogP contribution in [0.1, 0.15) is 24.0 Å². The molecule has 178 valence electrons. The van der Waals surface area contributed by atoms with Gasteiger partial charge in [-0.2, -0.15) is 8.42 Å². The molecule has 4 rings (SSSR count). The zero-order valence-electron chi connectivity index (χ0n) is 18.8. The van der Waals surface area contributed by atoms with Crippen LogP contribution in [0.15, 0.2) is 71.6 Å². The molecule has 1 fully saturated rings. The maximum absolute atomic E-state index is 13.0. The molecule has 1 aliphatic carbocycles. The van der Waals surface area contributed by atoms with E-state index in [9.17, 15) is 13.2 Å². The predicted molar refractivity (Wildman–Crippen MR) is 131 cm³/mol. The fourth-order valence-corrected chi connectivity index (χ4v) is 5.36. The van der Waals surface area contributed by atoms with Crippen molar-refractivity contribution in [3.05, 3.63) is 82.9 Å². The summed E-state index contributed by atoms with van der Waals surface area (Å²) in [4.78, 5) is 14.7. The molecule has 3 aromatic rings. The summed E-state index contributed by atoms with van der Waals surface area (Å²) in [6.45, 7) is 2.04. The summed E-state index contributed by atoms with van der Waals surface area (Å²) in [5.74, 6) is 0.752. The zero-order valence-corrected chi connectivity index (χ0v) is 20.4. The zero-order chi connectivity index (χ0) is 24.3. The van der Waals surface area contributed by atoms with Crippen molar-refractivity contribution in [1.82, 2.24) is 4.90 Å². The molecule has 0 aliphatic heterocycles. The Kier molecular flexibility index (Phi) is 7.00. The summed E-state index contributed by atoms with van der Waals surface area (Å²) in [6.07, 6.45) is 1.88. The average molecular weight is 501 g/mol. The van der Waals surface area contributed by atoms with Crippen LogP contribution in [0.25, 0.3) is 0 Å². The Labute approximate surface area is 204 Å². The van der Waals surface area contributed by atoms with E-state index in [2.05, 4.69) is 5.32 Å². The SMILES string of the molecule is COc1ccccc1NC(=O)N(Cc1ccc(OS(=O)(=O)c2c(C)cccc2Cl)cc1)C1CC1. The first-order chi connectivity index (χ1) is 16.3. The van der Waals surface area contributed by atoms with Crippen molar-refractivity contribution in [2.75, 3.05) is 12.4 Å². The van der Waals surface area contributed by atoms with Crippen molar-refractivity contribution < 1.29 is 22.1 Å². The predicted octanol–water partition coefficient (Wildman–Crippen LogP) is 5.62. The first-order valence-corrected chi connectivity index (χ1v) is 12.6. The first kappa shape index (κ1) is 23.9. The second kappa shape index (κ2) is 9.95. The van der Waals surface area contributed by atoms with Crippen molar-refractivity contribution >= 4 is 33.4 Å². The van der Waals surface area contributed by atoms with Crippen LogP contribution in [-0.2, 0) is 16.7 Å². The Hall–Kier alpha value is -3.23. The minimum absolute atomic E-state index is 0.0475. The molecule has 2 amide bonds. The number of nitrogens with zero attached hydrogens (tertiary/aromatic N) is 1. The standard InChI is InChI=1S/C25H25ClN2O5S/c1-17-6-5-7-21(26)24(17)34(30,31)33-20-14-10-18(11-15-20)16-28(19-12-13-19)25(29)27-22-8-3-4-9-23(22)32-2/h3-11,14-15,19H,12-13,16H2,1-2H3,(H,27,29). The molecule has 1 aliphatic rings. The van der Waals surface area contributed by atoms with Gasteiger partial charge in [0.05, 0.1) is 17.8 Å². The van der Waals surface area contributed by atoms with E-state index < -0.39 is 10.1 Å². The van der Waals surface area contributed by atoms with Gasteiger partial charge in [0, 0.05) is 12.6 Å². The number of benzene rings is 3. The molecule has 3 aromatic carbocycles. The smallest absolute Gasteiger partial charge is 0.340 e. The number of carbonyl (C=O) groups is 1. The number of carbonyl (C=O) groups excluding carboxylic acids is 1. The lowest BCUT2D eigenvalue weighted by molar-refractivity contribution is 0.206. The number of urea groups is 1. The Morgan fingerprint density at radius 2 is 1.76 bits per heavy atom. The number of methoxy groups -OCH3 is 1. The van der Waals surface area contributed by atoms with Crippen molar-refractivity contribution in [2.45, 2.75) is 37.2 Å². The summed E-state index contributed by atoms with van der Waals surface area (Å²) in [5, 5.41) is 3.03. The molecule has 0 radical (unpaired) electrons. The lowest BCUT2D eigenvalue weighted by Gasteiger charge is -2.23. The summed E-state index contributed by atoms with van der Waals surface area (Å²) >= 11 is 6.09. The second-order valence-electron chi connectivity index (χ2n) is 8.06. The lowest BCUT2D eigenvalue weighted by Crippen LogP contribution is -2.36. The molecule has 0 unspecified atom stereocenters. The van der Waals surface area contributed by atoms with E-state index in [1.54, 1.807) is 67.5 Å². The van der Waals surface area contributed by atoms with Gasteiger partial charge >= 0.3 is 16.1 Å². The van der Waals surface area contributed by atoms with E-state index >= 15 is 0 Å². The van der Waals surface area contributed by atoms with Crippen LogP contribution >= 0.6 is 11.6 Å². The van der Waals surface area contributed by atoms with Crippen molar-refractivity contribution in [1.29, 1.82) is 0 Å². The summed E-state index contributed by atoms with van der Waals surface area (Å²) in [5.41, 5.74) is 1.95. The van der Waals surface area contributed by atoms with Gasteiger partial charge < -0.3 is 19.1 Å². The molecule has 7 nitrogen and oxygen atoms in total. The molecule has 9 heteroatoms. The molecule has 0 saturated heterocycles. The third-order valence-corrected chi connectivity index (χ3v) is 7.37. The monoisotopic (exact) mass is 500 g/mol. The lowest BCUT2D eigenvalue weighted by atomic mass is 10.2. The second-order valence-corrected chi connectivity index (χ2v) is 9.95. The number of anilines is 1. The van der Waals surface area contributed by atoms with Gasteiger partial charge in [-0.25, -0.2) is 4.79 Å². The van der Waals surface area contributed by atoms with Gasteiger partial charge in [0.1, 0.15) is 16.4 Å². The quantitative estimate of drug-likeness (QED) is 0.406. The fourth-order valence-electron chi connectivity index (χ4n) is 3.64. The Bertz CT molecular complexity index is 1270. The number of amides is 2. The maximum Gasteiger partial charge on any atom is 0.340 e. The Balaban J connectivity index is 1.46. The summed E-state index contributed by atoms with van der Waals surface area (Å²) in [6, 6.07) is 18.7. The number of rotatable bonds is 8. The van der Waals surface area contributed by atoms with E-state index in [1.807, 2.05) is 12.1 Å². The summed E-state index contributed by atoms with van der Waals surface area (Å²) < 4.78 is 36.1. The average Bonchev–Trinajstić information content (AvgIpc) is 3.63. The van der Waals surface area contributed by atoms with Gasteiger partial charge in [-0.3, -0.25) is 0 Å². The maximum atomic E-state index is 13.0. The first-order valence-electron chi connectivity index (χ1n) is 10.8. The molecule has 0 spiro atoms. The molecule has 1 N–H and O–H groups in total. The molecular weight excluding hydrogens is 476 g/mol. The van der Waals surface area contributed by atoms with Crippen LogP contribution in [0.5, 0.6) is 11.5 Å². The third kappa shape index (κ3) is 5.46. The highest BCUT2D eigenvalue weighted by atomic mass is 35.5. The Morgan fingerprint density at radius 1 is 1.06 bits per heavy atom. The molecule has 0 bridgehead atoms. The van der Waals surface area contributed by atoms with Crippen molar-refractivity contribution in [3.8, 4) is 11.5 Å². The molecule has 0 aromatic heterocycles. The van der Waals surface area contributed by atoms with Crippen molar-refractivity contribution in [2.24, 2.45) is 0 Å². The fraction of sp³-hybridized carbons (Fsp3) is 0.240. The third-order valence-electron chi connectivity index (χ3n) is 5.49. The number of ether oxygens (including phenoxy) is 1. The van der Waals surface area contributed by atoms with Crippen LogP contribution < -0.4 is 14.2 Å². The normalized spacial score (nSPS) is 13.3. The number of halogens is 1. The van der Waals surface area contributed by atoms with Crippen LogP contribution in [0.2, 0.25) is 5.02 Å². The van der Waals surface area contributed by atoms with Crippen LogP contribution in [0, 0.1) is 6.92 Å². The van der Waals surface area contributed by atoms with Gasteiger partial charge in [-0.05, 0) is 61.2 Å². The molecule has 34 heavy (non-hydrogen) atoms. The van der Waals surface area contributed by atoms with Gasteiger partial charge in [0.2, 0.25) is 0 Å². The largest absolute Gasteiger partial charge is 0.495 e. The highest BCUT2D eigenvalue weighted by Gasteiger charge is 2.33. The van der Waals surface area contributed by atoms with E-state index in [1.165, 1.54) is 6.07 Å². The Morgan fingerprint density at radius 3 is 2.41 bits per heavy atom. The minimum Gasteiger partial charge on any atom is -0.495 e. The highest BCUT2D eigenvalue weighted by Crippen LogP contribution is 2.32. The molecular formula is C25H25ClN2O5S. The van der Waals surface area contributed by atoms with E-state index in [-0.39, 0.29) is 27.7 Å². The number of hydrogen-bond donors (Lipinski definition) is 1. The highest BCUT2D eigenvalue weighted by molar-refractivity contribution is 7.87. The van der Waals surface area contributed by atoms with Crippen molar-refractivity contribution in [3.63, 3.8) is 0 Å². The number of nitrogens with one attached hydrogen (secondary N) is 1. The van der Waals surface area contributed by atoms with Crippen LogP contribution in [-0.4, -0.2) is 32.5 Å². The number of aryl methyl sites for hydroxylation is 1. The van der Waals surface area contributed by atoms with Gasteiger partial charge in [0.25, 0.3) is 0 Å². The van der Waals surface area contributed by atoms with Crippen LogP contribution in [0.4, 0.5) is 10.5 Å². The molecule has 1 saturated carbocycles. The summed E-state index contributed by atoms with van der Waals surface area (Å²) in [7, 11) is -2.53. The van der Waals surface area contributed by atoms with E-state index in [0.29, 0.717) is 23.5 Å². The number of para-hydroxylation sites is 2. The van der Waals surface area contributed by atoms with Gasteiger partial charge in [-0.1, -0.05) is 48.0 Å². The number of hydrogen-bond acceptors (Lipinski definition) is 5. The minimum atomic E-state index is -4.09. The molecule has 0 atom stereocenters. The van der Waals surface area contributed by atoms with Gasteiger partial charge in [0.15, 0.2) is 0 Å².